The molecule has 1 aliphatic carbocycles. The van der Waals surface area contributed by atoms with Crippen molar-refractivity contribution in [2.45, 2.75) is 57.1 Å². The number of halogens is 2. The number of alkyl halides is 1. The smallest absolute Gasteiger partial charge is 0.0720 e. The van der Waals surface area contributed by atoms with Crippen LogP contribution >= 0.6 is 23.2 Å². The molecule has 0 spiro atoms. The van der Waals surface area contributed by atoms with Crippen LogP contribution in [0.25, 0.3) is 0 Å². The molecule has 1 aromatic heterocycles. The van der Waals surface area contributed by atoms with Crippen LogP contribution in [0.4, 0.5) is 0 Å². The Hall–Kier alpha value is -0.900. The molecule has 0 amide bonds. The third-order valence-corrected chi connectivity index (χ3v) is 5.38. The molecule has 23 heavy (non-hydrogen) atoms. The second-order valence-corrected chi connectivity index (χ2v) is 7.40. The molecule has 2 aliphatic rings. The zero-order valence-corrected chi connectivity index (χ0v) is 14.9. The van der Waals surface area contributed by atoms with Gasteiger partial charge in [-0.2, -0.15) is 0 Å². The molecule has 5 heteroatoms. The lowest BCUT2D eigenvalue weighted by Crippen LogP contribution is -2.31. The predicted molar refractivity (Wildman–Crippen MR) is 95.6 cm³/mol. The van der Waals surface area contributed by atoms with Gasteiger partial charge in [0, 0.05) is 6.20 Å². The van der Waals surface area contributed by atoms with Gasteiger partial charge in [-0.05, 0) is 68.7 Å². The van der Waals surface area contributed by atoms with Crippen LogP contribution in [-0.4, -0.2) is 33.3 Å². The first-order valence-corrected chi connectivity index (χ1v) is 9.08. The molecule has 0 bridgehead atoms. The van der Waals surface area contributed by atoms with Crippen molar-refractivity contribution in [2.24, 2.45) is 4.99 Å². The summed E-state index contributed by atoms with van der Waals surface area (Å²) in [4.78, 5) is 9.15. The Labute approximate surface area is 147 Å². The summed E-state index contributed by atoms with van der Waals surface area (Å²) in [6.07, 6.45) is 6.93. The normalized spacial score (nSPS) is 27.1. The molecule has 2 heterocycles. The van der Waals surface area contributed by atoms with Gasteiger partial charge in [0.1, 0.15) is 0 Å². The van der Waals surface area contributed by atoms with E-state index in [-0.39, 0.29) is 6.04 Å². The first kappa shape index (κ1) is 16.9. The molecular weight excluding hydrogens is 331 g/mol. The summed E-state index contributed by atoms with van der Waals surface area (Å²) in [5.74, 6) is 0.462. The quantitative estimate of drug-likeness (QED) is 0.800. The molecule has 0 fully saturated rings. The van der Waals surface area contributed by atoms with Gasteiger partial charge in [-0.15, -0.1) is 11.6 Å². The van der Waals surface area contributed by atoms with Gasteiger partial charge in [0.2, 0.25) is 0 Å². The van der Waals surface area contributed by atoms with Crippen molar-refractivity contribution in [1.82, 2.24) is 4.98 Å². The Morgan fingerprint density at radius 1 is 1.43 bits per heavy atom. The van der Waals surface area contributed by atoms with Crippen molar-refractivity contribution in [3.8, 4) is 0 Å². The van der Waals surface area contributed by atoms with E-state index in [4.69, 9.17) is 28.2 Å². The highest BCUT2D eigenvalue weighted by Gasteiger charge is 2.36. The molecule has 0 radical (unpaired) electrons. The standard InChI is InChI=1S/C18H22Cl2N2O/c1-18(23)8-7-12-13(10-18)15(22-17(12)11-19)5-2-6-16-14(20)4-3-9-21-16/h3-4,9,15,23H,2,5-8,10-11H2,1H3. The van der Waals surface area contributed by atoms with Gasteiger partial charge in [0.25, 0.3) is 0 Å². The van der Waals surface area contributed by atoms with E-state index in [1.165, 1.54) is 11.1 Å². The third kappa shape index (κ3) is 3.78. The highest BCUT2D eigenvalue weighted by Crippen LogP contribution is 2.40. The maximum atomic E-state index is 10.4. The topological polar surface area (TPSA) is 45.5 Å². The molecular formula is C18H22Cl2N2O. The lowest BCUT2D eigenvalue weighted by Gasteiger charge is -2.31. The van der Waals surface area contributed by atoms with Crippen molar-refractivity contribution in [2.75, 3.05) is 5.88 Å². The number of aryl methyl sites for hydroxylation is 1. The van der Waals surface area contributed by atoms with Crippen molar-refractivity contribution < 1.29 is 5.11 Å². The number of hydrogen-bond donors (Lipinski definition) is 1. The molecule has 1 aliphatic heterocycles. The van der Waals surface area contributed by atoms with Gasteiger partial charge in [-0.3, -0.25) is 9.98 Å². The zero-order chi connectivity index (χ0) is 16.4. The fourth-order valence-corrected chi connectivity index (χ4v) is 4.02. The number of pyridine rings is 1. The second kappa shape index (κ2) is 6.92. The summed E-state index contributed by atoms with van der Waals surface area (Å²) in [5, 5.41) is 11.1. The van der Waals surface area contributed by atoms with Crippen LogP contribution in [0, 0.1) is 0 Å². The van der Waals surface area contributed by atoms with E-state index in [9.17, 15) is 5.11 Å². The van der Waals surface area contributed by atoms with Crippen LogP contribution in [-0.2, 0) is 6.42 Å². The van der Waals surface area contributed by atoms with Crippen LogP contribution in [0.2, 0.25) is 5.02 Å². The monoisotopic (exact) mass is 352 g/mol. The van der Waals surface area contributed by atoms with Crippen LogP contribution in [0.3, 0.4) is 0 Å². The van der Waals surface area contributed by atoms with Crippen LogP contribution < -0.4 is 0 Å². The molecule has 124 valence electrons. The lowest BCUT2D eigenvalue weighted by molar-refractivity contribution is 0.0455. The van der Waals surface area contributed by atoms with E-state index >= 15 is 0 Å². The molecule has 1 N–H and O–H groups in total. The number of hydrogen-bond acceptors (Lipinski definition) is 3. The molecule has 0 saturated carbocycles. The van der Waals surface area contributed by atoms with E-state index in [2.05, 4.69) is 4.98 Å². The van der Waals surface area contributed by atoms with Gasteiger partial charge >= 0.3 is 0 Å². The fourth-order valence-electron chi connectivity index (χ4n) is 3.57. The first-order chi connectivity index (χ1) is 11.0. The molecule has 3 nitrogen and oxygen atoms in total. The van der Waals surface area contributed by atoms with Crippen molar-refractivity contribution >= 4 is 28.9 Å². The van der Waals surface area contributed by atoms with Crippen LogP contribution in [0.15, 0.2) is 34.5 Å². The van der Waals surface area contributed by atoms with Crippen LogP contribution in [0.5, 0.6) is 0 Å². The molecule has 0 saturated heterocycles. The molecule has 3 rings (SSSR count). The van der Waals surface area contributed by atoms with Gasteiger partial charge in [0.15, 0.2) is 0 Å². The SMILES string of the molecule is CC1(O)CCC2=C(C1)C(CCCc1ncccc1Cl)N=C2CCl. The second-order valence-electron chi connectivity index (χ2n) is 6.73. The molecule has 2 atom stereocenters. The van der Waals surface area contributed by atoms with Gasteiger partial charge < -0.3 is 5.11 Å². The molecule has 2 unspecified atom stereocenters. The Balaban J connectivity index is 1.67. The van der Waals surface area contributed by atoms with Crippen molar-refractivity contribution in [1.29, 1.82) is 0 Å². The zero-order valence-electron chi connectivity index (χ0n) is 13.4. The average molecular weight is 353 g/mol. The van der Waals surface area contributed by atoms with Gasteiger partial charge in [-0.25, -0.2) is 0 Å². The molecule has 0 aromatic carbocycles. The predicted octanol–water partition coefficient (Wildman–Crippen LogP) is 4.35. The highest BCUT2D eigenvalue weighted by atomic mass is 35.5. The Morgan fingerprint density at radius 2 is 2.26 bits per heavy atom. The lowest BCUT2D eigenvalue weighted by atomic mass is 9.78. The minimum atomic E-state index is -0.612. The largest absolute Gasteiger partial charge is 0.390 e. The van der Waals surface area contributed by atoms with E-state index in [0.717, 1.165) is 48.5 Å². The minimum absolute atomic E-state index is 0.160. The summed E-state index contributed by atoms with van der Waals surface area (Å²) < 4.78 is 0. The molecule has 1 aromatic rings. The Morgan fingerprint density at radius 3 is 3.00 bits per heavy atom. The van der Waals surface area contributed by atoms with E-state index in [1.54, 1.807) is 6.20 Å². The fraction of sp³-hybridized carbons (Fsp3) is 0.556. The number of rotatable bonds is 5. The number of aromatic nitrogens is 1. The number of nitrogens with zero attached hydrogens (tertiary/aromatic N) is 2. The summed E-state index contributed by atoms with van der Waals surface area (Å²) in [5.41, 5.74) is 3.95. The van der Waals surface area contributed by atoms with Crippen molar-refractivity contribution in [3.05, 3.63) is 40.2 Å². The first-order valence-electron chi connectivity index (χ1n) is 8.17. The maximum absolute atomic E-state index is 10.4. The van der Waals surface area contributed by atoms with Crippen LogP contribution in [0.1, 0.15) is 44.7 Å². The maximum Gasteiger partial charge on any atom is 0.0720 e. The summed E-state index contributed by atoms with van der Waals surface area (Å²) in [6, 6.07) is 3.89. The Bertz CT molecular complexity index is 652. The van der Waals surface area contributed by atoms with E-state index in [1.807, 2.05) is 19.1 Å². The third-order valence-electron chi connectivity index (χ3n) is 4.79. The average Bonchev–Trinajstić information content (AvgIpc) is 2.85. The summed E-state index contributed by atoms with van der Waals surface area (Å²) in [7, 11) is 0. The van der Waals surface area contributed by atoms with E-state index in [0.29, 0.717) is 12.3 Å². The number of aliphatic imine (C=N–C) groups is 1. The van der Waals surface area contributed by atoms with Crippen molar-refractivity contribution in [3.63, 3.8) is 0 Å². The van der Waals surface area contributed by atoms with Gasteiger partial charge in [0.05, 0.1) is 34.0 Å². The highest BCUT2D eigenvalue weighted by molar-refractivity contribution is 6.32. The summed E-state index contributed by atoms with van der Waals surface area (Å²) in [6.45, 7) is 1.92. The number of aliphatic hydroxyl groups is 1. The summed E-state index contributed by atoms with van der Waals surface area (Å²) >= 11 is 12.2. The van der Waals surface area contributed by atoms with E-state index < -0.39 is 5.60 Å². The number of allylic oxidation sites excluding steroid dienone is 1. The Kier molecular flexibility index (Phi) is 5.10. The minimum Gasteiger partial charge on any atom is -0.390 e. The van der Waals surface area contributed by atoms with Gasteiger partial charge in [-0.1, -0.05) is 11.6 Å².